The smallest absolute Gasteiger partial charge is 0.352 e. The van der Waals surface area contributed by atoms with Crippen molar-refractivity contribution in [3.63, 3.8) is 0 Å². The van der Waals surface area contributed by atoms with Gasteiger partial charge < -0.3 is 21.0 Å². The first kappa shape index (κ1) is 25.5. The number of β-lactam (4-membered cyclic amide) rings is 1. The lowest BCUT2D eigenvalue weighted by Gasteiger charge is -2.49. The van der Waals surface area contributed by atoms with E-state index in [-0.39, 0.29) is 34.7 Å². The fraction of sp³-hybridized carbons (Fsp3) is 0.263. The van der Waals surface area contributed by atoms with E-state index in [1.165, 1.54) is 39.1 Å². The van der Waals surface area contributed by atoms with Crippen LogP contribution in [0.5, 0.6) is 0 Å². The van der Waals surface area contributed by atoms with Gasteiger partial charge in [0.1, 0.15) is 28.7 Å². The number of hydrogen-bond acceptors (Lipinski definition) is 15. The molecule has 2 amide bonds. The van der Waals surface area contributed by atoms with E-state index in [1.807, 2.05) is 0 Å². The lowest BCUT2D eigenvalue weighted by Crippen LogP contribution is -2.71. The Hall–Kier alpha value is -4.10. The largest absolute Gasteiger partial charge is 0.477 e. The molecule has 0 aliphatic carbocycles. The standard InChI is InChI=1S/C19H17N11O5S3/c1-2-5-35-25-11(14-22-19(20)38-26-14)15(31)21-12-16(32)29-13(18(33)34)8(7-37-17(12)29)6-36-10-4-3-9-23-27-28-30(9)24-10/h2-4,12,17H,1,5-7H2,(H,21,31)(H,33,34)(H2,20,22,26)/b25-11-/t12?,17-/m1/s1. The quantitative estimate of drug-likeness (QED) is 0.0686. The average Bonchev–Trinajstić information content (AvgIpc) is 3.56. The maximum Gasteiger partial charge on any atom is 0.352 e. The van der Waals surface area contributed by atoms with Crippen LogP contribution in [0.15, 0.2) is 46.2 Å². The Morgan fingerprint density at radius 3 is 3.00 bits per heavy atom. The van der Waals surface area contributed by atoms with Gasteiger partial charge in [-0.15, -0.1) is 38.4 Å². The molecule has 3 aromatic rings. The number of aliphatic carboxylic acids is 1. The van der Waals surface area contributed by atoms with E-state index < -0.39 is 29.2 Å². The van der Waals surface area contributed by atoms with E-state index in [4.69, 9.17) is 10.6 Å². The Kier molecular flexibility index (Phi) is 7.20. The molecule has 16 nitrogen and oxygen atoms in total. The molecule has 19 heteroatoms. The van der Waals surface area contributed by atoms with Crippen LogP contribution in [-0.2, 0) is 19.2 Å². The predicted molar refractivity (Wildman–Crippen MR) is 136 cm³/mol. The summed E-state index contributed by atoms with van der Waals surface area (Å²) in [6.45, 7) is 3.54. The molecule has 0 spiro atoms. The van der Waals surface area contributed by atoms with Crippen molar-refractivity contribution in [1.29, 1.82) is 0 Å². The van der Waals surface area contributed by atoms with Crippen LogP contribution in [-0.4, -0.2) is 97.6 Å². The SMILES string of the molecule is C=CCO/N=C(\C(=O)NC1C(=O)N2C(C(=O)O)=C(CSc3ccc4nnnn4n3)CS[C@H]12)c1nsc(N)n1. The van der Waals surface area contributed by atoms with Crippen LogP contribution in [0.2, 0.25) is 0 Å². The lowest BCUT2D eigenvalue weighted by molar-refractivity contribution is -0.150. The number of tetrazole rings is 1. The summed E-state index contributed by atoms with van der Waals surface area (Å²) in [5, 5.41) is 31.7. The van der Waals surface area contributed by atoms with Gasteiger partial charge in [0, 0.05) is 23.0 Å². The highest BCUT2D eigenvalue weighted by molar-refractivity contribution is 8.01. The number of carbonyl (C=O) groups excluding carboxylic acids is 2. The van der Waals surface area contributed by atoms with Crippen LogP contribution >= 0.6 is 35.1 Å². The summed E-state index contributed by atoms with van der Waals surface area (Å²) in [5.41, 5.74) is 6.25. The van der Waals surface area contributed by atoms with E-state index in [2.05, 4.69) is 47.0 Å². The minimum absolute atomic E-state index is 0.0255. The van der Waals surface area contributed by atoms with Crippen LogP contribution in [0, 0.1) is 0 Å². The number of carbonyl (C=O) groups is 3. The van der Waals surface area contributed by atoms with E-state index in [9.17, 15) is 19.5 Å². The number of nitrogen functional groups attached to an aromatic ring is 1. The second-order valence-corrected chi connectivity index (χ2v) is 10.5. The van der Waals surface area contributed by atoms with Gasteiger partial charge in [-0.25, -0.2) is 4.79 Å². The highest BCUT2D eigenvalue weighted by Gasteiger charge is 2.54. The van der Waals surface area contributed by atoms with Crippen molar-refractivity contribution < 1.29 is 24.3 Å². The van der Waals surface area contributed by atoms with Crippen LogP contribution in [0.4, 0.5) is 5.13 Å². The van der Waals surface area contributed by atoms with Gasteiger partial charge in [-0.1, -0.05) is 17.8 Å². The number of nitrogens with one attached hydrogen (secondary N) is 1. The molecular weight excluding hydrogens is 558 g/mol. The zero-order chi connectivity index (χ0) is 26.8. The number of nitrogens with zero attached hydrogens (tertiary/aromatic N) is 9. The number of hydrogen-bond donors (Lipinski definition) is 3. The fourth-order valence-electron chi connectivity index (χ4n) is 3.54. The summed E-state index contributed by atoms with van der Waals surface area (Å²) < 4.78 is 5.24. The van der Waals surface area contributed by atoms with Crippen molar-refractivity contribution in [2.45, 2.75) is 16.4 Å². The normalized spacial score (nSPS) is 19.2. The van der Waals surface area contributed by atoms with Crippen LogP contribution in [0.1, 0.15) is 5.82 Å². The summed E-state index contributed by atoms with van der Waals surface area (Å²) in [4.78, 5) is 48.3. The molecule has 5 heterocycles. The maximum atomic E-state index is 13.0. The number of oxime groups is 1. The van der Waals surface area contributed by atoms with Crippen molar-refractivity contribution in [3.05, 3.63) is 41.9 Å². The Balaban J connectivity index is 1.30. The van der Waals surface area contributed by atoms with Crippen molar-refractivity contribution in [1.82, 2.24) is 44.8 Å². The minimum atomic E-state index is -1.24. The Labute approximate surface area is 225 Å². The first-order valence-corrected chi connectivity index (χ1v) is 13.5. The van der Waals surface area contributed by atoms with Gasteiger partial charge >= 0.3 is 5.97 Å². The number of aromatic nitrogens is 7. The first-order chi connectivity index (χ1) is 18.4. The second-order valence-electron chi connectivity index (χ2n) is 7.59. The van der Waals surface area contributed by atoms with Crippen molar-refractivity contribution in [2.24, 2.45) is 5.16 Å². The molecule has 2 aliphatic rings. The number of anilines is 1. The zero-order valence-electron chi connectivity index (χ0n) is 19.1. The first-order valence-electron chi connectivity index (χ1n) is 10.7. The summed E-state index contributed by atoms with van der Waals surface area (Å²) in [6, 6.07) is 2.43. The molecule has 5 rings (SSSR count). The van der Waals surface area contributed by atoms with Crippen molar-refractivity contribution in [3.8, 4) is 0 Å². The van der Waals surface area contributed by atoms with Gasteiger partial charge in [-0.05, 0) is 28.1 Å². The number of thioether (sulfide) groups is 2. The lowest BCUT2D eigenvalue weighted by atomic mass is 10.0. The van der Waals surface area contributed by atoms with Gasteiger partial charge in [0.05, 0.1) is 0 Å². The summed E-state index contributed by atoms with van der Waals surface area (Å²) in [5.74, 6) is -2.03. The highest BCUT2D eigenvalue weighted by Crippen LogP contribution is 2.41. The predicted octanol–water partition coefficient (Wildman–Crippen LogP) is -0.609. The van der Waals surface area contributed by atoms with E-state index >= 15 is 0 Å². The molecule has 0 bridgehead atoms. The highest BCUT2D eigenvalue weighted by atomic mass is 32.2. The topological polar surface area (TPSA) is 216 Å². The third-order valence-corrected chi connectivity index (χ3v) is 8.08. The molecular formula is C19H17N11O5S3. The molecule has 0 saturated carbocycles. The number of rotatable bonds is 10. The molecule has 1 saturated heterocycles. The summed E-state index contributed by atoms with van der Waals surface area (Å²) >= 11 is 3.49. The molecule has 2 atom stereocenters. The summed E-state index contributed by atoms with van der Waals surface area (Å²) in [6.07, 6.45) is 1.43. The molecule has 196 valence electrons. The molecule has 3 aromatic heterocycles. The Morgan fingerprint density at radius 1 is 1.42 bits per heavy atom. The second kappa shape index (κ2) is 10.7. The molecule has 0 radical (unpaired) electrons. The van der Waals surface area contributed by atoms with Crippen molar-refractivity contribution >= 4 is 69.3 Å². The van der Waals surface area contributed by atoms with Gasteiger partial charge in [0.15, 0.2) is 10.8 Å². The van der Waals surface area contributed by atoms with Gasteiger partial charge in [-0.2, -0.15) is 9.36 Å². The van der Waals surface area contributed by atoms with Gasteiger partial charge in [0.25, 0.3) is 11.8 Å². The molecule has 2 aliphatic heterocycles. The van der Waals surface area contributed by atoms with E-state index in [0.29, 0.717) is 22.0 Å². The van der Waals surface area contributed by atoms with Crippen LogP contribution < -0.4 is 11.1 Å². The number of amides is 2. The Bertz CT molecular complexity index is 1500. The number of nitrogens with two attached hydrogens (primary N) is 1. The van der Waals surface area contributed by atoms with Crippen molar-refractivity contribution in [2.75, 3.05) is 23.8 Å². The van der Waals surface area contributed by atoms with E-state index in [0.717, 1.165) is 11.5 Å². The van der Waals surface area contributed by atoms with Gasteiger partial charge in [-0.3, -0.25) is 14.5 Å². The molecule has 1 fully saturated rings. The van der Waals surface area contributed by atoms with Crippen LogP contribution in [0.25, 0.3) is 5.65 Å². The maximum absolute atomic E-state index is 13.0. The number of carboxylic acid groups (broad SMARTS) is 1. The number of carboxylic acids is 1. The number of fused-ring (bicyclic) bond motifs is 2. The molecule has 0 aromatic carbocycles. The molecule has 4 N–H and O–H groups in total. The average molecular weight is 576 g/mol. The molecule has 38 heavy (non-hydrogen) atoms. The monoisotopic (exact) mass is 575 g/mol. The zero-order valence-corrected chi connectivity index (χ0v) is 21.6. The van der Waals surface area contributed by atoms with Crippen LogP contribution in [0.3, 0.4) is 0 Å². The van der Waals surface area contributed by atoms with E-state index in [1.54, 1.807) is 12.1 Å². The third kappa shape index (κ3) is 4.89. The molecule has 1 unspecified atom stereocenters. The minimum Gasteiger partial charge on any atom is -0.477 e. The fourth-order valence-corrected chi connectivity index (χ4v) is 6.32. The summed E-state index contributed by atoms with van der Waals surface area (Å²) in [7, 11) is 0. The van der Waals surface area contributed by atoms with Gasteiger partial charge in [0.2, 0.25) is 11.5 Å². The third-order valence-electron chi connectivity index (χ3n) is 5.19. The Morgan fingerprint density at radius 2 is 2.26 bits per heavy atom.